The van der Waals surface area contributed by atoms with E-state index in [1.165, 1.54) is 25.2 Å². The van der Waals surface area contributed by atoms with E-state index in [0.717, 1.165) is 4.31 Å². The van der Waals surface area contributed by atoms with E-state index in [9.17, 15) is 8.42 Å². The van der Waals surface area contributed by atoms with E-state index in [1.54, 1.807) is 24.4 Å². The van der Waals surface area contributed by atoms with Crippen molar-refractivity contribution in [3.05, 3.63) is 58.9 Å². The summed E-state index contributed by atoms with van der Waals surface area (Å²) in [6, 6.07) is 11.3. The first-order chi connectivity index (χ1) is 9.95. The summed E-state index contributed by atoms with van der Waals surface area (Å²) in [6.07, 6.45) is 1.60. The van der Waals surface area contributed by atoms with Crippen LogP contribution in [0.15, 0.2) is 47.5 Å². The van der Waals surface area contributed by atoms with Crippen LogP contribution in [0.3, 0.4) is 0 Å². The highest BCUT2D eigenvalue weighted by Gasteiger charge is 2.24. The van der Waals surface area contributed by atoms with Gasteiger partial charge < -0.3 is 0 Å². The molecule has 0 fully saturated rings. The van der Waals surface area contributed by atoms with Crippen molar-refractivity contribution in [1.82, 2.24) is 9.29 Å². The van der Waals surface area contributed by atoms with Crippen LogP contribution in [0.2, 0.25) is 5.02 Å². The maximum absolute atomic E-state index is 12.5. The third kappa shape index (κ3) is 3.39. The molecule has 2 aromatic rings. The van der Waals surface area contributed by atoms with Crippen LogP contribution in [-0.4, -0.2) is 24.8 Å². The summed E-state index contributed by atoms with van der Waals surface area (Å²) in [5, 5.41) is 8.97. The SMILES string of the molecule is CN(Cc1ccccn1)S(=O)(=O)c1cc(C#N)ccc1Cl. The van der Waals surface area contributed by atoms with E-state index in [-0.39, 0.29) is 22.0 Å². The molecule has 0 N–H and O–H groups in total. The van der Waals surface area contributed by atoms with Gasteiger partial charge in [0.25, 0.3) is 0 Å². The van der Waals surface area contributed by atoms with E-state index >= 15 is 0 Å². The van der Waals surface area contributed by atoms with E-state index in [0.29, 0.717) is 5.69 Å². The van der Waals surface area contributed by atoms with Crippen molar-refractivity contribution in [1.29, 1.82) is 5.26 Å². The number of pyridine rings is 1. The maximum atomic E-state index is 12.5. The van der Waals surface area contributed by atoms with Crippen molar-refractivity contribution in [2.45, 2.75) is 11.4 Å². The van der Waals surface area contributed by atoms with Crippen molar-refractivity contribution in [2.24, 2.45) is 0 Å². The minimum Gasteiger partial charge on any atom is -0.260 e. The summed E-state index contributed by atoms with van der Waals surface area (Å²) in [5.41, 5.74) is 0.861. The zero-order valence-electron chi connectivity index (χ0n) is 11.2. The first kappa shape index (κ1) is 15.4. The number of rotatable bonds is 4. The standard InChI is InChI=1S/C14H12ClN3O2S/c1-18(10-12-4-2-3-7-17-12)21(19,20)14-8-11(9-16)5-6-13(14)15/h2-8H,10H2,1H3. The first-order valence-electron chi connectivity index (χ1n) is 6.01. The van der Waals surface area contributed by atoms with Gasteiger partial charge in [-0.15, -0.1) is 0 Å². The molecular formula is C14H12ClN3O2S. The lowest BCUT2D eigenvalue weighted by Crippen LogP contribution is -2.27. The van der Waals surface area contributed by atoms with Gasteiger partial charge in [-0.1, -0.05) is 17.7 Å². The Labute approximate surface area is 128 Å². The molecule has 2 rings (SSSR count). The predicted octanol–water partition coefficient (Wildman–Crippen LogP) is 2.43. The van der Waals surface area contributed by atoms with Crippen molar-refractivity contribution >= 4 is 21.6 Å². The Kier molecular flexibility index (Phi) is 4.58. The summed E-state index contributed by atoms with van der Waals surface area (Å²) in [6.45, 7) is 0.121. The second-order valence-corrected chi connectivity index (χ2v) is 6.76. The number of halogens is 1. The number of nitrogens with zero attached hydrogens (tertiary/aromatic N) is 3. The Hall–Kier alpha value is -1.94. The van der Waals surface area contributed by atoms with Crippen molar-refractivity contribution < 1.29 is 8.42 Å². The highest BCUT2D eigenvalue weighted by atomic mass is 35.5. The molecule has 1 heterocycles. The molecule has 0 aliphatic carbocycles. The number of hydrogen-bond acceptors (Lipinski definition) is 4. The smallest absolute Gasteiger partial charge is 0.244 e. The molecule has 0 aliphatic heterocycles. The van der Waals surface area contributed by atoms with Gasteiger partial charge in [0, 0.05) is 13.2 Å². The molecule has 0 radical (unpaired) electrons. The monoisotopic (exact) mass is 321 g/mol. The van der Waals surface area contributed by atoms with Crippen molar-refractivity contribution in [3.8, 4) is 6.07 Å². The van der Waals surface area contributed by atoms with Gasteiger partial charge >= 0.3 is 0 Å². The van der Waals surface area contributed by atoms with Gasteiger partial charge in [0.1, 0.15) is 4.90 Å². The van der Waals surface area contributed by atoms with Crippen molar-refractivity contribution in [3.63, 3.8) is 0 Å². The fourth-order valence-electron chi connectivity index (χ4n) is 1.74. The molecular weight excluding hydrogens is 310 g/mol. The zero-order chi connectivity index (χ0) is 15.5. The lowest BCUT2D eigenvalue weighted by Gasteiger charge is -2.17. The highest BCUT2D eigenvalue weighted by Crippen LogP contribution is 2.25. The summed E-state index contributed by atoms with van der Waals surface area (Å²) >= 11 is 5.95. The predicted molar refractivity (Wildman–Crippen MR) is 79.1 cm³/mol. The molecule has 0 aliphatic rings. The largest absolute Gasteiger partial charge is 0.260 e. The molecule has 0 unspecified atom stereocenters. The number of aromatic nitrogens is 1. The van der Waals surface area contributed by atoms with Crippen LogP contribution in [0.25, 0.3) is 0 Å². The molecule has 0 spiro atoms. The fourth-order valence-corrected chi connectivity index (χ4v) is 3.38. The van der Waals surface area contributed by atoms with Crippen LogP contribution in [0, 0.1) is 11.3 Å². The molecule has 1 aromatic heterocycles. The van der Waals surface area contributed by atoms with Crippen LogP contribution >= 0.6 is 11.6 Å². The molecule has 0 atom stereocenters. The molecule has 7 heteroatoms. The molecule has 0 amide bonds. The molecule has 0 bridgehead atoms. The Bertz CT molecular complexity index is 786. The topological polar surface area (TPSA) is 74.1 Å². The summed E-state index contributed by atoms with van der Waals surface area (Å²) in [7, 11) is -2.35. The first-order valence-corrected chi connectivity index (χ1v) is 7.83. The average molecular weight is 322 g/mol. The summed E-state index contributed by atoms with van der Waals surface area (Å²) in [5.74, 6) is 0. The summed E-state index contributed by atoms with van der Waals surface area (Å²) in [4.78, 5) is 4.01. The second kappa shape index (κ2) is 6.22. The third-order valence-electron chi connectivity index (χ3n) is 2.86. The third-order valence-corrected chi connectivity index (χ3v) is 5.14. The van der Waals surface area contributed by atoms with E-state index in [1.807, 2.05) is 6.07 Å². The van der Waals surface area contributed by atoms with Crippen LogP contribution in [-0.2, 0) is 16.6 Å². The van der Waals surface area contributed by atoms with Gasteiger partial charge in [-0.25, -0.2) is 8.42 Å². The quantitative estimate of drug-likeness (QED) is 0.866. The van der Waals surface area contributed by atoms with Crippen LogP contribution in [0.5, 0.6) is 0 Å². The number of benzene rings is 1. The number of nitriles is 1. The highest BCUT2D eigenvalue weighted by molar-refractivity contribution is 7.89. The molecule has 21 heavy (non-hydrogen) atoms. The Morgan fingerprint density at radius 2 is 2.10 bits per heavy atom. The Morgan fingerprint density at radius 3 is 2.71 bits per heavy atom. The average Bonchev–Trinajstić information content (AvgIpc) is 2.48. The lowest BCUT2D eigenvalue weighted by molar-refractivity contribution is 0.462. The maximum Gasteiger partial charge on any atom is 0.244 e. The Balaban J connectivity index is 2.36. The zero-order valence-corrected chi connectivity index (χ0v) is 12.8. The second-order valence-electron chi connectivity index (χ2n) is 4.34. The fraction of sp³-hybridized carbons (Fsp3) is 0.143. The molecule has 5 nitrogen and oxygen atoms in total. The molecule has 1 aromatic carbocycles. The van der Waals surface area contributed by atoms with Crippen molar-refractivity contribution in [2.75, 3.05) is 7.05 Å². The van der Waals surface area contributed by atoms with Gasteiger partial charge in [-0.3, -0.25) is 4.98 Å². The van der Waals surface area contributed by atoms with Gasteiger partial charge in [0.15, 0.2) is 0 Å². The van der Waals surface area contributed by atoms with Gasteiger partial charge in [-0.2, -0.15) is 9.57 Å². The van der Waals surface area contributed by atoms with Gasteiger partial charge in [0.05, 0.1) is 28.9 Å². The van der Waals surface area contributed by atoms with Gasteiger partial charge in [-0.05, 0) is 30.3 Å². The summed E-state index contributed by atoms with van der Waals surface area (Å²) < 4.78 is 26.2. The minimum absolute atomic E-state index is 0.0818. The Morgan fingerprint density at radius 1 is 1.33 bits per heavy atom. The van der Waals surface area contributed by atoms with E-state index in [4.69, 9.17) is 16.9 Å². The van der Waals surface area contributed by atoms with Crippen LogP contribution < -0.4 is 0 Å². The number of sulfonamides is 1. The molecule has 0 saturated carbocycles. The van der Waals surface area contributed by atoms with Crippen LogP contribution in [0.1, 0.15) is 11.3 Å². The van der Waals surface area contributed by atoms with E-state index in [2.05, 4.69) is 4.98 Å². The molecule has 0 saturated heterocycles. The number of hydrogen-bond donors (Lipinski definition) is 0. The van der Waals surface area contributed by atoms with Gasteiger partial charge in [0.2, 0.25) is 10.0 Å². The molecule has 108 valence electrons. The van der Waals surface area contributed by atoms with Crippen LogP contribution in [0.4, 0.5) is 0 Å². The minimum atomic E-state index is -3.79. The lowest BCUT2D eigenvalue weighted by atomic mass is 10.2. The normalized spacial score (nSPS) is 11.3. The van der Waals surface area contributed by atoms with E-state index < -0.39 is 10.0 Å².